The molecule has 0 atom stereocenters. The first kappa shape index (κ1) is 21.5. The molecule has 2 amide bonds. The molecule has 8 heteroatoms. The van der Waals surface area contributed by atoms with E-state index in [1.807, 2.05) is 78.3 Å². The van der Waals surface area contributed by atoms with Crippen molar-refractivity contribution in [3.05, 3.63) is 87.7 Å². The molecule has 2 N–H and O–H groups in total. The number of urea groups is 1. The Labute approximate surface area is 190 Å². The number of nitrogens with zero attached hydrogens (tertiary/aromatic N) is 3. The van der Waals surface area contributed by atoms with Crippen LogP contribution in [0.25, 0.3) is 10.9 Å². The van der Waals surface area contributed by atoms with Crippen molar-refractivity contribution in [2.75, 3.05) is 29.6 Å². The third-order valence-electron chi connectivity index (χ3n) is 5.31. The van der Waals surface area contributed by atoms with Gasteiger partial charge >= 0.3 is 6.03 Å². The molecular formula is C24H24ClN5O2. The second-order valence-corrected chi connectivity index (χ2v) is 8.20. The van der Waals surface area contributed by atoms with Crippen LogP contribution in [0.4, 0.5) is 21.9 Å². The molecule has 32 heavy (non-hydrogen) atoms. The van der Waals surface area contributed by atoms with Gasteiger partial charge in [0, 0.05) is 43.2 Å². The summed E-state index contributed by atoms with van der Waals surface area (Å²) in [7, 11) is 5.64. The van der Waals surface area contributed by atoms with Crippen LogP contribution in [-0.2, 0) is 13.6 Å². The van der Waals surface area contributed by atoms with Gasteiger partial charge in [-0.1, -0.05) is 23.7 Å². The average Bonchev–Trinajstić information content (AvgIpc) is 3.00. The quantitative estimate of drug-likeness (QED) is 0.461. The molecule has 0 aliphatic rings. The normalized spacial score (nSPS) is 10.9. The van der Waals surface area contributed by atoms with Crippen LogP contribution in [0.3, 0.4) is 0 Å². The molecule has 1 aromatic heterocycles. The van der Waals surface area contributed by atoms with Gasteiger partial charge in [-0.05, 0) is 60.2 Å². The third-order valence-corrected chi connectivity index (χ3v) is 5.56. The van der Waals surface area contributed by atoms with Crippen LogP contribution in [0, 0.1) is 0 Å². The van der Waals surface area contributed by atoms with Crippen LogP contribution in [0.15, 0.2) is 71.5 Å². The summed E-state index contributed by atoms with van der Waals surface area (Å²) in [6.45, 7) is 0.530. The molecule has 0 unspecified atom stereocenters. The summed E-state index contributed by atoms with van der Waals surface area (Å²) < 4.78 is 3.48. The van der Waals surface area contributed by atoms with Gasteiger partial charge in [0.15, 0.2) is 0 Å². The lowest BCUT2D eigenvalue weighted by Crippen LogP contribution is -2.20. The molecule has 7 nitrogen and oxygen atoms in total. The standard InChI is InChI=1S/C24H24ClN5O2/c1-28(2)20-11-8-18(9-12-20)26-24(32)27-19-10-13-22-21(14-19)23(31)29(3)30(22)15-16-4-6-17(25)7-5-16/h4-14H,15H2,1-3H3,(H2,26,27,32). The highest BCUT2D eigenvalue weighted by Gasteiger charge is 2.13. The minimum absolute atomic E-state index is 0.128. The number of nitrogens with one attached hydrogen (secondary N) is 2. The van der Waals surface area contributed by atoms with E-state index in [9.17, 15) is 9.59 Å². The van der Waals surface area contributed by atoms with Gasteiger partial charge in [-0.2, -0.15) is 0 Å². The number of fused-ring (bicyclic) bond motifs is 1. The summed E-state index contributed by atoms with van der Waals surface area (Å²) in [5.41, 5.74) is 3.96. The van der Waals surface area contributed by atoms with E-state index >= 15 is 0 Å². The molecule has 0 saturated carbocycles. The van der Waals surface area contributed by atoms with Gasteiger partial charge < -0.3 is 15.5 Å². The Balaban J connectivity index is 1.53. The topological polar surface area (TPSA) is 71.3 Å². The highest BCUT2D eigenvalue weighted by molar-refractivity contribution is 6.30. The summed E-state index contributed by atoms with van der Waals surface area (Å²) in [5.74, 6) is 0. The predicted molar refractivity (Wildman–Crippen MR) is 131 cm³/mol. The van der Waals surface area contributed by atoms with Crippen LogP contribution in [0.1, 0.15) is 5.56 Å². The highest BCUT2D eigenvalue weighted by atomic mass is 35.5. The number of carbonyl (C=O) groups is 1. The van der Waals surface area contributed by atoms with Crippen molar-refractivity contribution in [3.63, 3.8) is 0 Å². The molecule has 0 bridgehead atoms. The van der Waals surface area contributed by atoms with Crippen molar-refractivity contribution in [1.29, 1.82) is 0 Å². The van der Waals surface area contributed by atoms with Gasteiger partial charge in [0.2, 0.25) is 0 Å². The van der Waals surface area contributed by atoms with Gasteiger partial charge in [0.05, 0.1) is 17.4 Å². The molecule has 0 aliphatic carbocycles. The number of halogens is 1. The summed E-state index contributed by atoms with van der Waals surface area (Å²) in [6.07, 6.45) is 0. The Morgan fingerprint density at radius 1 is 0.938 bits per heavy atom. The molecule has 4 rings (SSSR count). The molecule has 1 heterocycles. The zero-order valence-corrected chi connectivity index (χ0v) is 18.8. The maximum Gasteiger partial charge on any atom is 0.323 e. The first-order chi connectivity index (χ1) is 15.3. The Kier molecular flexibility index (Phi) is 5.92. The zero-order valence-electron chi connectivity index (χ0n) is 18.1. The van der Waals surface area contributed by atoms with E-state index in [0.717, 1.165) is 16.8 Å². The number of amides is 2. The lowest BCUT2D eigenvalue weighted by Gasteiger charge is -2.13. The molecule has 0 spiro atoms. The minimum Gasteiger partial charge on any atom is -0.378 e. The smallest absolute Gasteiger partial charge is 0.323 e. The van der Waals surface area contributed by atoms with Crippen molar-refractivity contribution < 1.29 is 4.79 Å². The fraction of sp³-hybridized carbons (Fsp3) is 0.167. The van der Waals surface area contributed by atoms with Crippen LogP contribution in [0.2, 0.25) is 5.02 Å². The van der Waals surface area contributed by atoms with Crippen LogP contribution in [0.5, 0.6) is 0 Å². The Morgan fingerprint density at radius 3 is 2.22 bits per heavy atom. The van der Waals surface area contributed by atoms with E-state index in [-0.39, 0.29) is 11.6 Å². The van der Waals surface area contributed by atoms with Crippen LogP contribution in [-0.4, -0.2) is 29.5 Å². The first-order valence-electron chi connectivity index (χ1n) is 10.1. The average molecular weight is 450 g/mol. The van der Waals surface area contributed by atoms with Crippen molar-refractivity contribution in [3.8, 4) is 0 Å². The third kappa shape index (κ3) is 4.48. The molecule has 3 aromatic carbocycles. The number of carbonyl (C=O) groups excluding carboxylic acids is 1. The lowest BCUT2D eigenvalue weighted by atomic mass is 10.2. The fourth-order valence-corrected chi connectivity index (χ4v) is 3.67. The van der Waals surface area contributed by atoms with E-state index < -0.39 is 0 Å². The zero-order chi connectivity index (χ0) is 22.8. The van der Waals surface area contributed by atoms with E-state index in [2.05, 4.69) is 10.6 Å². The number of benzene rings is 3. The fourth-order valence-electron chi connectivity index (χ4n) is 3.55. The predicted octanol–water partition coefficient (Wildman–Crippen LogP) is 4.75. The number of aromatic nitrogens is 2. The van der Waals surface area contributed by atoms with Crippen molar-refractivity contribution in [2.24, 2.45) is 7.05 Å². The second kappa shape index (κ2) is 8.80. The van der Waals surface area contributed by atoms with E-state index in [0.29, 0.717) is 28.3 Å². The maximum atomic E-state index is 12.8. The molecule has 0 saturated heterocycles. The summed E-state index contributed by atoms with van der Waals surface area (Å²) in [5, 5.41) is 6.81. The molecule has 164 valence electrons. The van der Waals surface area contributed by atoms with Gasteiger partial charge in [-0.3, -0.25) is 14.2 Å². The van der Waals surface area contributed by atoms with E-state index in [4.69, 9.17) is 11.6 Å². The van der Waals surface area contributed by atoms with Crippen molar-refractivity contribution in [1.82, 2.24) is 9.36 Å². The molecule has 0 radical (unpaired) electrons. The second-order valence-electron chi connectivity index (χ2n) is 7.77. The molecule has 4 aromatic rings. The van der Waals surface area contributed by atoms with Gasteiger partial charge in [0.1, 0.15) is 0 Å². The summed E-state index contributed by atoms with van der Waals surface area (Å²) >= 11 is 5.97. The van der Waals surface area contributed by atoms with Crippen molar-refractivity contribution in [2.45, 2.75) is 6.54 Å². The van der Waals surface area contributed by atoms with Crippen molar-refractivity contribution >= 4 is 45.6 Å². The SMILES string of the molecule is CN(C)c1ccc(NC(=O)Nc2ccc3c(c2)c(=O)n(C)n3Cc2ccc(Cl)cc2)cc1. The Morgan fingerprint density at radius 2 is 1.56 bits per heavy atom. The van der Waals surface area contributed by atoms with E-state index in [1.54, 1.807) is 23.9 Å². The maximum absolute atomic E-state index is 12.8. The monoisotopic (exact) mass is 449 g/mol. The number of anilines is 3. The van der Waals surface area contributed by atoms with Gasteiger partial charge in [-0.25, -0.2) is 4.79 Å². The number of hydrogen-bond acceptors (Lipinski definition) is 3. The highest BCUT2D eigenvalue weighted by Crippen LogP contribution is 2.20. The molecule has 0 fully saturated rings. The summed E-state index contributed by atoms with van der Waals surface area (Å²) in [6, 6.07) is 20.0. The van der Waals surface area contributed by atoms with Gasteiger partial charge in [0.25, 0.3) is 5.56 Å². The van der Waals surface area contributed by atoms with Gasteiger partial charge in [-0.15, -0.1) is 0 Å². The van der Waals surface area contributed by atoms with Crippen LogP contribution >= 0.6 is 11.6 Å². The minimum atomic E-state index is -0.376. The largest absolute Gasteiger partial charge is 0.378 e. The Bertz CT molecular complexity index is 1320. The van der Waals surface area contributed by atoms with E-state index in [1.165, 1.54) is 0 Å². The van der Waals surface area contributed by atoms with Crippen LogP contribution < -0.4 is 21.1 Å². The number of hydrogen-bond donors (Lipinski definition) is 2. The Hall–Kier alpha value is -3.71. The first-order valence-corrected chi connectivity index (χ1v) is 10.5. The lowest BCUT2D eigenvalue weighted by molar-refractivity contribution is 0.262. The molecule has 0 aliphatic heterocycles. The molecular weight excluding hydrogens is 426 g/mol. The number of rotatable bonds is 5. The summed E-state index contributed by atoms with van der Waals surface area (Å²) in [4.78, 5) is 27.2.